The predicted octanol–water partition coefficient (Wildman–Crippen LogP) is 4.81. The van der Waals surface area contributed by atoms with Gasteiger partial charge >= 0.3 is 0 Å². The summed E-state index contributed by atoms with van der Waals surface area (Å²) in [6, 6.07) is 11.6. The molecule has 0 unspecified atom stereocenters. The first-order valence-electron chi connectivity index (χ1n) is 8.17. The van der Waals surface area contributed by atoms with E-state index in [1.807, 2.05) is 16.7 Å². The van der Waals surface area contributed by atoms with Crippen molar-refractivity contribution in [2.45, 2.75) is 17.5 Å². The molecule has 0 atom stereocenters. The maximum absolute atomic E-state index is 13.2. The lowest BCUT2D eigenvalue weighted by Gasteiger charge is -2.07. The zero-order valence-corrected chi connectivity index (χ0v) is 15.0. The summed E-state index contributed by atoms with van der Waals surface area (Å²) in [4.78, 5) is 0. The van der Waals surface area contributed by atoms with Gasteiger partial charge in [0.2, 0.25) is 5.76 Å². The topological polar surface area (TPSA) is 69.9 Å². The van der Waals surface area contributed by atoms with E-state index in [-0.39, 0.29) is 5.82 Å². The predicted molar refractivity (Wildman–Crippen MR) is 99.4 cm³/mol. The van der Waals surface area contributed by atoms with Crippen LogP contribution in [-0.2, 0) is 12.3 Å². The number of hydrogen-bond acceptors (Lipinski definition) is 6. The van der Waals surface area contributed by atoms with E-state index in [0.29, 0.717) is 29.6 Å². The normalized spacial score (nSPS) is 11.0. The molecule has 0 spiro atoms. The van der Waals surface area contributed by atoms with Crippen LogP contribution in [0.5, 0.6) is 0 Å². The van der Waals surface area contributed by atoms with Gasteiger partial charge in [-0.05, 0) is 36.4 Å². The lowest BCUT2D eigenvalue weighted by Crippen LogP contribution is -2.00. The van der Waals surface area contributed by atoms with Gasteiger partial charge in [0.05, 0.1) is 12.0 Å². The van der Waals surface area contributed by atoms with E-state index in [1.165, 1.54) is 23.9 Å². The van der Waals surface area contributed by atoms with Crippen LogP contribution < -0.4 is 0 Å². The fourth-order valence-electron chi connectivity index (χ4n) is 2.55. The lowest BCUT2D eigenvalue weighted by molar-refractivity contribution is 0.413. The summed E-state index contributed by atoms with van der Waals surface area (Å²) in [6.07, 6.45) is 3.35. The number of aromatic nitrogens is 4. The third kappa shape index (κ3) is 3.70. The molecule has 8 heteroatoms. The quantitative estimate of drug-likeness (QED) is 0.337. The number of hydrogen-bond donors (Lipinski definition) is 0. The molecule has 0 bridgehead atoms. The van der Waals surface area contributed by atoms with Crippen LogP contribution in [0.25, 0.3) is 22.9 Å². The fourth-order valence-corrected chi connectivity index (χ4v) is 3.38. The third-order valence-electron chi connectivity index (χ3n) is 3.80. The number of benzene rings is 1. The van der Waals surface area contributed by atoms with Crippen LogP contribution in [0.4, 0.5) is 4.39 Å². The van der Waals surface area contributed by atoms with Crippen LogP contribution in [0.1, 0.15) is 5.69 Å². The molecule has 0 amide bonds. The van der Waals surface area contributed by atoms with Gasteiger partial charge in [0.1, 0.15) is 5.82 Å². The molecule has 3 heterocycles. The highest BCUT2D eigenvalue weighted by molar-refractivity contribution is 7.98. The van der Waals surface area contributed by atoms with Crippen molar-refractivity contribution in [3.63, 3.8) is 0 Å². The van der Waals surface area contributed by atoms with Crippen LogP contribution in [0, 0.1) is 5.82 Å². The summed E-state index contributed by atoms with van der Waals surface area (Å²) in [5, 5.41) is 13.3. The summed E-state index contributed by atoms with van der Waals surface area (Å²) in [5.74, 6) is 2.14. The number of allylic oxidation sites excluding steroid dienone is 1. The minimum atomic E-state index is -0.290. The zero-order chi connectivity index (χ0) is 18.6. The average molecular weight is 382 g/mol. The van der Waals surface area contributed by atoms with Crippen LogP contribution in [0.3, 0.4) is 0 Å². The fraction of sp³-hybridized carbons (Fsp3) is 0.105. The van der Waals surface area contributed by atoms with Crippen molar-refractivity contribution in [3.05, 3.63) is 72.9 Å². The summed E-state index contributed by atoms with van der Waals surface area (Å²) in [5.41, 5.74) is 1.56. The molecule has 0 radical (unpaired) electrons. The molecule has 27 heavy (non-hydrogen) atoms. The first-order valence-corrected chi connectivity index (χ1v) is 9.15. The van der Waals surface area contributed by atoms with Gasteiger partial charge in [-0.3, -0.25) is 4.57 Å². The van der Waals surface area contributed by atoms with E-state index < -0.39 is 0 Å². The number of furan rings is 1. The zero-order valence-electron chi connectivity index (χ0n) is 14.2. The van der Waals surface area contributed by atoms with Gasteiger partial charge in [0.25, 0.3) is 0 Å². The van der Waals surface area contributed by atoms with Gasteiger partial charge in [-0.1, -0.05) is 23.0 Å². The molecular weight excluding hydrogens is 367 g/mol. The maximum atomic E-state index is 13.2. The van der Waals surface area contributed by atoms with Crippen LogP contribution >= 0.6 is 11.8 Å². The molecule has 0 saturated heterocycles. The van der Waals surface area contributed by atoms with E-state index in [0.717, 1.165) is 16.4 Å². The van der Waals surface area contributed by atoms with Crippen LogP contribution in [-0.4, -0.2) is 19.9 Å². The molecule has 0 aliphatic rings. The Morgan fingerprint density at radius 1 is 1.15 bits per heavy atom. The Labute approximate surface area is 158 Å². The van der Waals surface area contributed by atoms with Crippen molar-refractivity contribution in [3.8, 4) is 22.9 Å². The van der Waals surface area contributed by atoms with E-state index in [2.05, 4.69) is 21.9 Å². The molecule has 136 valence electrons. The van der Waals surface area contributed by atoms with Crippen LogP contribution in [0.15, 0.2) is 75.5 Å². The molecule has 0 saturated carbocycles. The Hall–Kier alpha value is -3.13. The molecular formula is C19H15FN4O2S. The highest BCUT2D eigenvalue weighted by Crippen LogP contribution is 2.28. The first-order chi connectivity index (χ1) is 13.2. The van der Waals surface area contributed by atoms with E-state index in [1.54, 1.807) is 30.5 Å². The van der Waals surface area contributed by atoms with Gasteiger partial charge in [-0.25, -0.2) is 4.39 Å². The summed E-state index contributed by atoms with van der Waals surface area (Å²) in [6.45, 7) is 4.33. The van der Waals surface area contributed by atoms with Gasteiger partial charge in [0.15, 0.2) is 16.7 Å². The lowest BCUT2D eigenvalue weighted by atomic mass is 10.2. The highest BCUT2D eigenvalue weighted by atomic mass is 32.2. The second-order valence-corrected chi connectivity index (χ2v) is 6.60. The first kappa shape index (κ1) is 17.3. The van der Waals surface area contributed by atoms with Crippen molar-refractivity contribution in [1.82, 2.24) is 19.9 Å². The van der Waals surface area contributed by atoms with Crippen molar-refractivity contribution in [2.24, 2.45) is 0 Å². The second kappa shape index (κ2) is 7.63. The average Bonchev–Trinajstić information content (AvgIpc) is 3.42. The van der Waals surface area contributed by atoms with Gasteiger partial charge in [-0.2, -0.15) is 0 Å². The minimum absolute atomic E-state index is 0.290. The molecule has 6 nitrogen and oxygen atoms in total. The standard InChI is InChI=1S/C19H15FN4O2S/c1-2-9-24-18(13-5-7-14(20)8-6-13)21-22-19(24)27-12-15-11-17(26-23-15)16-4-3-10-25-16/h2-8,10-11H,1,9,12H2. The van der Waals surface area contributed by atoms with Gasteiger partial charge in [0, 0.05) is 23.9 Å². The molecule has 0 N–H and O–H groups in total. The van der Waals surface area contributed by atoms with E-state index >= 15 is 0 Å². The SMILES string of the molecule is C=CCn1c(SCc2cc(-c3ccco3)on2)nnc1-c1ccc(F)cc1. The Morgan fingerprint density at radius 2 is 2.00 bits per heavy atom. The Bertz CT molecular complexity index is 1040. The summed E-state index contributed by atoms with van der Waals surface area (Å²) < 4.78 is 25.7. The van der Waals surface area contributed by atoms with Crippen LogP contribution in [0.2, 0.25) is 0 Å². The Balaban J connectivity index is 1.53. The summed E-state index contributed by atoms with van der Waals surface area (Å²) >= 11 is 1.48. The largest absolute Gasteiger partial charge is 0.461 e. The molecule has 4 rings (SSSR count). The van der Waals surface area contributed by atoms with Crippen molar-refractivity contribution in [2.75, 3.05) is 0 Å². The van der Waals surface area contributed by atoms with E-state index in [9.17, 15) is 4.39 Å². The maximum Gasteiger partial charge on any atom is 0.202 e. The van der Waals surface area contributed by atoms with Gasteiger partial charge < -0.3 is 8.94 Å². The number of rotatable bonds is 7. The van der Waals surface area contributed by atoms with Crippen molar-refractivity contribution < 1.29 is 13.3 Å². The summed E-state index contributed by atoms with van der Waals surface area (Å²) in [7, 11) is 0. The van der Waals surface area contributed by atoms with E-state index in [4.69, 9.17) is 8.94 Å². The molecule has 0 fully saturated rings. The smallest absolute Gasteiger partial charge is 0.202 e. The molecule has 3 aromatic heterocycles. The van der Waals surface area contributed by atoms with Crippen molar-refractivity contribution >= 4 is 11.8 Å². The third-order valence-corrected chi connectivity index (χ3v) is 4.80. The number of nitrogens with zero attached hydrogens (tertiary/aromatic N) is 4. The van der Waals surface area contributed by atoms with Gasteiger partial charge in [-0.15, -0.1) is 16.8 Å². The Kier molecular flexibility index (Phi) is 4.88. The molecule has 4 aromatic rings. The number of thioether (sulfide) groups is 1. The second-order valence-electron chi connectivity index (χ2n) is 5.66. The molecule has 0 aliphatic carbocycles. The molecule has 0 aliphatic heterocycles. The highest BCUT2D eigenvalue weighted by Gasteiger charge is 2.15. The Morgan fingerprint density at radius 3 is 2.74 bits per heavy atom. The molecule has 1 aromatic carbocycles. The number of halogens is 1. The minimum Gasteiger partial charge on any atom is -0.461 e. The monoisotopic (exact) mass is 382 g/mol. The van der Waals surface area contributed by atoms with Crippen molar-refractivity contribution in [1.29, 1.82) is 0 Å².